The molecule has 1 saturated heterocycles. The highest BCUT2D eigenvalue weighted by molar-refractivity contribution is 5.85. The van der Waals surface area contributed by atoms with E-state index in [1.807, 2.05) is 18.7 Å². The van der Waals surface area contributed by atoms with E-state index in [0.29, 0.717) is 0 Å². The van der Waals surface area contributed by atoms with Gasteiger partial charge in [0.25, 0.3) is 0 Å². The molecule has 2 heterocycles. The predicted octanol–water partition coefficient (Wildman–Crippen LogP) is 2.85. The van der Waals surface area contributed by atoms with Gasteiger partial charge in [0.1, 0.15) is 0 Å². The van der Waals surface area contributed by atoms with Crippen molar-refractivity contribution in [2.24, 2.45) is 0 Å². The first kappa shape index (κ1) is 15.4. The van der Waals surface area contributed by atoms with Crippen LogP contribution in [-0.4, -0.2) is 52.1 Å². The zero-order valence-electron chi connectivity index (χ0n) is 14.0. The van der Waals surface area contributed by atoms with Gasteiger partial charge in [0.15, 0.2) is 0 Å². The molecule has 0 amide bonds. The van der Waals surface area contributed by atoms with Gasteiger partial charge in [-0.05, 0) is 16.3 Å². The van der Waals surface area contributed by atoms with E-state index in [1.54, 1.807) is 0 Å². The lowest BCUT2D eigenvalue weighted by Crippen LogP contribution is -2.46. The Labute approximate surface area is 143 Å². The summed E-state index contributed by atoms with van der Waals surface area (Å²) in [6.45, 7) is 7.79. The summed E-state index contributed by atoms with van der Waals surface area (Å²) in [5.74, 6) is 0. The number of benzene rings is 2. The molecule has 0 bridgehead atoms. The normalized spacial score (nSPS) is 16.7. The molecular formula is C20H24N4. The molecule has 1 aliphatic rings. The van der Waals surface area contributed by atoms with Crippen molar-refractivity contribution in [1.82, 2.24) is 19.4 Å². The Kier molecular flexibility index (Phi) is 4.58. The quantitative estimate of drug-likeness (QED) is 0.722. The van der Waals surface area contributed by atoms with E-state index in [4.69, 9.17) is 0 Å². The molecule has 1 fully saturated rings. The Morgan fingerprint density at radius 2 is 1.62 bits per heavy atom. The van der Waals surface area contributed by atoms with Gasteiger partial charge in [-0.1, -0.05) is 42.5 Å². The second-order valence-corrected chi connectivity index (χ2v) is 6.56. The van der Waals surface area contributed by atoms with Crippen molar-refractivity contribution in [2.75, 3.05) is 32.7 Å². The number of imidazole rings is 1. The SMILES string of the molecule is c1ccc2c(CN3CCN(CCn4ccnc4)CC3)cccc2c1. The van der Waals surface area contributed by atoms with Crippen molar-refractivity contribution in [2.45, 2.75) is 13.1 Å². The molecule has 4 nitrogen and oxygen atoms in total. The molecular weight excluding hydrogens is 296 g/mol. The van der Waals surface area contributed by atoms with Gasteiger partial charge >= 0.3 is 0 Å². The minimum Gasteiger partial charge on any atom is -0.336 e. The summed E-state index contributed by atoms with van der Waals surface area (Å²) in [6.07, 6.45) is 5.79. The summed E-state index contributed by atoms with van der Waals surface area (Å²) < 4.78 is 2.16. The highest BCUT2D eigenvalue weighted by atomic mass is 15.3. The van der Waals surface area contributed by atoms with Gasteiger partial charge in [0, 0.05) is 58.2 Å². The molecule has 0 spiro atoms. The van der Waals surface area contributed by atoms with Crippen LogP contribution in [0.4, 0.5) is 0 Å². The molecule has 1 aliphatic heterocycles. The summed E-state index contributed by atoms with van der Waals surface area (Å²) >= 11 is 0. The predicted molar refractivity (Wildman–Crippen MR) is 97.9 cm³/mol. The lowest BCUT2D eigenvalue weighted by atomic mass is 10.0. The minimum absolute atomic E-state index is 1.03. The number of hydrogen-bond donors (Lipinski definition) is 0. The standard InChI is InChI=1S/C20H24N4/c1-2-7-20-18(4-1)5-3-6-19(20)16-23-13-10-22(11-14-23)12-15-24-9-8-21-17-24/h1-9,17H,10-16H2. The third-order valence-corrected chi connectivity index (χ3v) is 4.97. The number of hydrogen-bond acceptors (Lipinski definition) is 3. The van der Waals surface area contributed by atoms with Crippen LogP contribution in [-0.2, 0) is 13.1 Å². The van der Waals surface area contributed by atoms with Crippen LogP contribution >= 0.6 is 0 Å². The maximum Gasteiger partial charge on any atom is 0.0946 e. The summed E-state index contributed by atoms with van der Waals surface area (Å²) in [6, 6.07) is 15.4. The van der Waals surface area contributed by atoms with Gasteiger partial charge in [0.05, 0.1) is 6.33 Å². The summed E-state index contributed by atoms with van der Waals surface area (Å²) in [4.78, 5) is 9.24. The van der Waals surface area contributed by atoms with Gasteiger partial charge in [-0.2, -0.15) is 0 Å². The van der Waals surface area contributed by atoms with Gasteiger partial charge in [0.2, 0.25) is 0 Å². The van der Waals surface area contributed by atoms with Crippen molar-refractivity contribution in [3.05, 3.63) is 66.7 Å². The molecule has 4 rings (SSSR count). The number of rotatable bonds is 5. The lowest BCUT2D eigenvalue weighted by Gasteiger charge is -2.35. The average Bonchev–Trinajstić information content (AvgIpc) is 3.15. The zero-order valence-corrected chi connectivity index (χ0v) is 14.0. The van der Waals surface area contributed by atoms with Crippen LogP contribution in [0.3, 0.4) is 0 Å². The van der Waals surface area contributed by atoms with E-state index in [0.717, 1.165) is 45.8 Å². The zero-order chi connectivity index (χ0) is 16.2. The Balaban J connectivity index is 1.32. The first-order valence-electron chi connectivity index (χ1n) is 8.75. The van der Waals surface area contributed by atoms with Crippen molar-refractivity contribution < 1.29 is 0 Å². The molecule has 0 aliphatic carbocycles. The first-order valence-corrected chi connectivity index (χ1v) is 8.75. The van der Waals surface area contributed by atoms with Crippen LogP contribution in [0.25, 0.3) is 10.8 Å². The van der Waals surface area contributed by atoms with Gasteiger partial charge in [-0.15, -0.1) is 0 Å². The van der Waals surface area contributed by atoms with Crippen molar-refractivity contribution >= 4 is 10.8 Å². The smallest absolute Gasteiger partial charge is 0.0946 e. The van der Waals surface area contributed by atoms with Crippen LogP contribution < -0.4 is 0 Å². The summed E-state index contributed by atoms with van der Waals surface area (Å²) in [5, 5.41) is 2.73. The number of fused-ring (bicyclic) bond motifs is 1. The molecule has 0 atom stereocenters. The van der Waals surface area contributed by atoms with E-state index in [9.17, 15) is 0 Å². The van der Waals surface area contributed by atoms with E-state index in [-0.39, 0.29) is 0 Å². The van der Waals surface area contributed by atoms with Crippen molar-refractivity contribution in [3.8, 4) is 0 Å². The Morgan fingerprint density at radius 1 is 0.833 bits per heavy atom. The number of nitrogens with zero attached hydrogens (tertiary/aromatic N) is 4. The summed E-state index contributed by atoms with van der Waals surface area (Å²) in [5.41, 5.74) is 1.44. The number of piperazine rings is 1. The molecule has 124 valence electrons. The lowest BCUT2D eigenvalue weighted by molar-refractivity contribution is 0.124. The maximum atomic E-state index is 4.11. The highest BCUT2D eigenvalue weighted by Gasteiger charge is 2.17. The molecule has 4 heteroatoms. The Bertz CT molecular complexity index is 768. The monoisotopic (exact) mass is 320 g/mol. The fourth-order valence-electron chi connectivity index (χ4n) is 3.52. The van der Waals surface area contributed by atoms with Crippen LogP contribution in [0.1, 0.15) is 5.56 Å². The average molecular weight is 320 g/mol. The molecule has 0 saturated carbocycles. The molecule has 0 unspecified atom stereocenters. The topological polar surface area (TPSA) is 24.3 Å². The van der Waals surface area contributed by atoms with Gasteiger partial charge in [-0.25, -0.2) is 4.98 Å². The van der Waals surface area contributed by atoms with E-state index in [1.165, 1.54) is 16.3 Å². The van der Waals surface area contributed by atoms with E-state index in [2.05, 4.69) is 61.8 Å². The van der Waals surface area contributed by atoms with Gasteiger partial charge < -0.3 is 4.57 Å². The molecule has 1 aromatic heterocycles. The first-order chi connectivity index (χ1) is 11.9. The Hall–Kier alpha value is -2.17. The second kappa shape index (κ2) is 7.16. The second-order valence-electron chi connectivity index (χ2n) is 6.56. The molecule has 2 aromatic carbocycles. The molecule has 0 radical (unpaired) electrons. The van der Waals surface area contributed by atoms with E-state index >= 15 is 0 Å². The summed E-state index contributed by atoms with van der Waals surface area (Å²) in [7, 11) is 0. The largest absolute Gasteiger partial charge is 0.336 e. The highest BCUT2D eigenvalue weighted by Crippen LogP contribution is 2.20. The van der Waals surface area contributed by atoms with Gasteiger partial charge in [-0.3, -0.25) is 9.80 Å². The fourth-order valence-corrected chi connectivity index (χ4v) is 3.52. The molecule has 0 N–H and O–H groups in total. The van der Waals surface area contributed by atoms with Crippen molar-refractivity contribution in [3.63, 3.8) is 0 Å². The third-order valence-electron chi connectivity index (χ3n) is 4.97. The minimum atomic E-state index is 1.03. The van der Waals surface area contributed by atoms with E-state index < -0.39 is 0 Å². The molecule has 24 heavy (non-hydrogen) atoms. The van der Waals surface area contributed by atoms with Crippen LogP contribution in [0.15, 0.2) is 61.2 Å². The number of aromatic nitrogens is 2. The maximum absolute atomic E-state index is 4.11. The van der Waals surface area contributed by atoms with Crippen LogP contribution in [0, 0.1) is 0 Å². The molecule has 3 aromatic rings. The van der Waals surface area contributed by atoms with Crippen molar-refractivity contribution in [1.29, 1.82) is 0 Å². The van der Waals surface area contributed by atoms with Crippen LogP contribution in [0.5, 0.6) is 0 Å². The third kappa shape index (κ3) is 3.50. The fraction of sp³-hybridized carbons (Fsp3) is 0.350. The van der Waals surface area contributed by atoms with Crippen LogP contribution in [0.2, 0.25) is 0 Å². The Morgan fingerprint density at radius 3 is 2.46 bits per heavy atom.